The maximum Gasteiger partial charge on any atom is 0.281 e. The summed E-state index contributed by atoms with van der Waals surface area (Å²) >= 11 is 6.87. The summed E-state index contributed by atoms with van der Waals surface area (Å²) in [6.45, 7) is 2.23. The number of thiophene rings is 1. The van der Waals surface area contributed by atoms with Gasteiger partial charge in [0.25, 0.3) is 11.5 Å². The van der Waals surface area contributed by atoms with Crippen molar-refractivity contribution in [1.29, 1.82) is 0 Å². The molecule has 4 rings (SSSR count). The fourth-order valence-electron chi connectivity index (χ4n) is 3.29. The van der Waals surface area contributed by atoms with Crippen LogP contribution < -0.4 is 11.0 Å². The summed E-state index contributed by atoms with van der Waals surface area (Å²) in [5, 5.41) is 2.37. The largest absolute Gasteiger partial charge is 0.330 e. The van der Waals surface area contributed by atoms with Crippen molar-refractivity contribution in [3.63, 3.8) is 0 Å². The molecule has 2 heterocycles. The monoisotopic (exact) mass is 371 g/mol. The number of aromatic amines is 1. The van der Waals surface area contributed by atoms with E-state index < -0.39 is 0 Å². The summed E-state index contributed by atoms with van der Waals surface area (Å²) in [6.07, 6.45) is 3.01. The smallest absolute Gasteiger partial charge is 0.281 e. The highest BCUT2D eigenvalue weighted by molar-refractivity contribution is 7.71. The number of H-pyrrole nitrogens is 1. The molecule has 1 aromatic carbocycles. The number of aromatic nitrogens is 2. The molecule has 0 bridgehead atoms. The molecule has 1 unspecified atom stereocenters. The van der Waals surface area contributed by atoms with Gasteiger partial charge < -0.3 is 4.98 Å². The second-order valence-electron chi connectivity index (χ2n) is 6.46. The van der Waals surface area contributed by atoms with Crippen LogP contribution in [0.1, 0.15) is 34.1 Å². The van der Waals surface area contributed by atoms with Gasteiger partial charge in [0.2, 0.25) is 0 Å². The second kappa shape index (κ2) is 6.24. The summed E-state index contributed by atoms with van der Waals surface area (Å²) in [4.78, 5) is 29.7. The lowest BCUT2D eigenvalue weighted by Crippen LogP contribution is -2.34. The Morgan fingerprint density at radius 1 is 1.40 bits per heavy atom. The first kappa shape index (κ1) is 16.2. The summed E-state index contributed by atoms with van der Waals surface area (Å²) in [6, 6.07) is 7.10. The highest BCUT2D eigenvalue weighted by Gasteiger charge is 2.23. The zero-order valence-corrected chi connectivity index (χ0v) is 15.3. The average molecular weight is 371 g/mol. The van der Waals surface area contributed by atoms with Crippen LogP contribution in [0.3, 0.4) is 0 Å². The fourth-order valence-corrected chi connectivity index (χ4v) is 4.78. The third kappa shape index (κ3) is 2.83. The van der Waals surface area contributed by atoms with Gasteiger partial charge in [-0.25, -0.2) is 0 Å². The van der Waals surface area contributed by atoms with Crippen molar-refractivity contribution >= 4 is 40.4 Å². The number of benzene rings is 1. The number of hydrogen-bond acceptors (Lipinski definition) is 4. The van der Waals surface area contributed by atoms with Crippen LogP contribution in [0.5, 0.6) is 0 Å². The van der Waals surface area contributed by atoms with E-state index >= 15 is 0 Å². The van der Waals surface area contributed by atoms with Crippen LogP contribution in [-0.2, 0) is 12.8 Å². The molecule has 0 spiro atoms. The van der Waals surface area contributed by atoms with Crippen LogP contribution in [0.25, 0.3) is 10.9 Å². The van der Waals surface area contributed by atoms with Crippen molar-refractivity contribution in [3.05, 3.63) is 60.8 Å². The van der Waals surface area contributed by atoms with E-state index in [-0.39, 0.29) is 16.2 Å². The van der Waals surface area contributed by atoms with Gasteiger partial charge >= 0.3 is 0 Å². The third-order valence-electron chi connectivity index (χ3n) is 4.66. The Kier molecular flexibility index (Phi) is 4.05. The molecule has 1 amide bonds. The van der Waals surface area contributed by atoms with E-state index in [1.54, 1.807) is 29.5 Å². The number of carbonyl (C=O) groups excluding carboxylic acids is 1. The summed E-state index contributed by atoms with van der Waals surface area (Å²) in [7, 11) is 0. The van der Waals surface area contributed by atoms with Crippen molar-refractivity contribution < 1.29 is 4.79 Å². The Bertz CT molecular complexity index is 1090. The molecule has 1 aliphatic rings. The summed E-state index contributed by atoms with van der Waals surface area (Å²) < 4.78 is 1.30. The molecule has 0 radical (unpaired) electrons. The molecule has 128 valence electrons. The Labute approximate surface area is 153 Å². The van der Waals surface area contributed by atoms with E-state index in [0.717, 1.165) is 29.5 Å². The van der Waals surface area contributed by atoms with Crippen molar-refractivity contribution in [3.8, 4) is 0 Å². The van der Waals surface area contributed by atoms with Gasteiger partial charge in [0, 0.05) is 10.3 Å². The van der Waals surface area contributed by atoms with Gasteiger partial charge in [0.05, 0.1) is 16.5 Å². The lowest BCUT2D eigenvalue weighted by molar-refractivity contribution is 0.101. The van der Waals surface area contributed by atoms with Crippen LogP contribution in [-0.4, -0.2) is 15.6 Å². The average Bonchev–Trinajstić information content (AvgIpc) is 3.01. The topological polar surface area (TPSA) is 66.9 Å². The molecule has 1 atom stereocenters. The van der Waals surface area contributed by atoms with Gasteiger partial charge in [-0.2, -0.15) is 4.68 Å². The molecule has 2 N–H and O–H groups in total. The first-order valence-electron chi connectivity index (χ1n) is 8.19. The third-order valence-corrected chi connectivity index (χ3v) is 6.00. The highest BCUT2D eigenvalue weighted by Crippen LogP contribution is 2.32. The van der Waals surface area contributed by atoms with E-state index in [2.05, 4.69) is 17.3 Å². The van der Waals surface area contributed by atoms with E-state index in [9.17, 15) is 9.59 Å². The van der Waals surface area contributed by atoms with Gasteiger partial charge in [-0.1, -0.05) is 19.1 Å². The zero-order valence-electron chi connectivity index (χ0n) is 13.7. The maximum absolute atomic E-state index is 12.7. The Balaban J connectivity index is 1.72. The number of para-hydroxylation sites is 1. The van der Waals surface area contributed by atoms with Gasteiger partial charge in [-0.3, -0.25) is 15.0 Å². The number of nitrogens with zero attached hydrogens (tertiary/aromatic N) is 1. The quantitative estimate of drug-likeness (QED) is 0.676. The van der Waals surface area contributed by atoms with Crippen LogP contribution in [0.4, 0.5) is 0 Å². The van der Waals surface area contributed by atoms with Gasteiger partial charge in [0.1, 0.15) is 0 Å². The molecular weight excluding hydrogens is 354 g/mol. The number of carbonyl (C=O) groups is 1. The van der Waals surface area contributed by atoms with Gasteiger partial charge in [-0.05, 0) is 55.1 Å². The number of rotatable bonds is 2. The molecular formula is C18H17N3O2S2. The number of hydrogen-bond donors (Lipinski definition) is 2. The van der Waals surface area contributed by atoms with Crippen LogP contribution in [0.2, 0.25) is 0 Å². The summed E-state index contributed by atoms with van der Waals surface area (Å²) in [5.41, 5.74) is 4.77. The number of fused-ring (bicyclic) bond motifs is 2. The first-order chi connectivity index (χ1) is 12.0. The predicted octanol–water partition coefficient (Wildman–Crippen LogP) is 3.63. The Hall–Kier alpha value is -2.25. The molecule has 25 heavy (non-hydrogen) atoms. The van der Waals surface area contributed by atoms with Gasteiger partial charge in [-0.15, -0.1) is 11.3 Å². The van der Waals surface area contributed by atoms with E-state index in [0.29, 0.717) is 22.4 Å². The molecule has 7 heteroatoms. The minimum Gasteiger partial charge on any atom is -0.330 e. The van der Waals surface area contributed by atoms with Gasteiger partial charge in [0.15, 0.2) is 4.77 Å². The standard InChI is InChI=1S/C18H17N3O2S2/c1-10-6-7-11-13(9-25-15(11)8-10)16(22)20-21-17(23)12-4-2-3-5-14(12)19-18(21)24/h2-5,9-10H,6-8H2,1H3,(H,19,24)(H,20,22). The molecule has 0 saturated carbocycles. The minimum absolute atomic E-state index is 0.176. The van der Waals surface area contributed by atoms with E-state index in [4.69, 9.17) is 12.2 Å². The number of amides is 1. The molecule has 0 aliphatic heterocycles. The summed E-state index contributed by atoms with van der Waals surface area (Å²) in [5.74, 6) is 0.364. The predicted molar refractivity (Wildman–Crippen MR) is 103 cm³/mol. The van der Waals surface area contributed by atoms with Crippen LogP contribution >= 0.6 is 23.6 Å². The molecule has 3 aromatic rings. The highest BCUT2D eigenvalue weighted by atomic mass is 32.1. The SMILES string of the molecule is CC1CCc2c(C(=O)Nn3c(=S)[nH]c4ccccc4c3=O)csc2C1. The second-order valence-corrected chi connectivity index (χ2v) is 7.81. The zero-order chi connectivity index (χ0) is 17.6. The fraction of sp³-hybridized carbons (Fsp3) is 0.278. The molecule has 0 saturated heterocycles. The van der Waals surface area contributed by atoms with Crippen LogP contribution in [0.15, 0.2) is 34.4 Å². The lowest BCUT2D eigenvalue weighted by Gasteiger charge is -2.19. The molecule has 1 aliphatic carbocycles. The maximum atomic E-state index is 12.7. The van der Waals surface area contributed by atoms with Crippen molar-refractivity contribution in [2.45, 2.75) is 26.2 Å². The first-order valence-corrected chi connectivity index (χ1v) is 9.48. The van der Waals surface area contributed by atoms with Crippen molar-refractivity contribution in [1.82, 2.24) is 9.66 Å². The molecule has 2 aromatic heterocycles. The molecule has 0 fully saturated rings. The minimum atomic E-state index is -0.328. The van der Waals surface area contributed by atoms with Crippen molar-refractivity contribution in [2.75, 3.05) is 5.43 Å². The molecule has 5 nitrogen and oxygen atoms in total. The van der Waals surface area contributed by atoms with Crippen molar-refractivity contribution in [2.24, 2.45) is 5.92 Å². The lowest BCUT2D eigenvalue weighted by atomic mass is 9.88. The number of nitrogens with one attached hydrogen (secondary N) is 2. The Morgan fingerprint density at radius 3 is 3.04 bits per heavy atom. The Morgan fingerprint density at radius 2 is 2.20 bits per heavy atom. The van der Waals surface area contributed by atoms with E-state index in [1.165, 1.54) is 4.88 Å². The normalized spacial score (nSPS) is 16.6. The van der Waals surface area contributed by atoms with Crippen LogP contribution in [0, 0.1) is 10.7 Å². The van der Waals surface area contributed by atoms with E-state index in [1.807, 2.05) is 11.4 Å².